The fourth-order valence-electron chi connectivity index (χ4n) is 4.54. The van der Waals surface area contributed by atoms with Gasteiger partial charge in [-0.15, -0.1) is 0 Å². The van der Waals surface area contributed by atoms with Gasteiger partial charge in [-0.25, -0.2) is 0 Å². The van der Waals surface area contributed by atoms with Gasteiger partial charge < -0.3 is 30.7 Å². The summed E-state index contributed by atoms with van der Waals surface area (Å²) < 4.78 is 5.78. The summed E-state index contributed by atoms with van der Waals surface area (Å²) in [5.41, 5.74) is 2.62. The quantitative estimate of drug-likeness (QED) is 0.147. The van der Waals surface area contributed by atoms with Gasteiger partial charge in [-0.3, -0.25) is 14.4 Å². The van der Waals surface area contributed by atoms with Crippen molar-refractivity contribution in [1.82, 2.24) is 16.0 Å². The molecule has 10 heteroatoms. The molecule has 44 heavy (non-hydrogen) atoms. The zero-order valence-electron chi connectivity index (χ0n) is 24.6. The summed E-state index contributed by atoms with van der Waals surface area (Å²) in [7, 11) is -1.80. The van der Waals surface area contributed by atoms with Crippen LogP contribution >= 0.6 is 0 Å². The molecule has 5 N–H and O–H groups in total. The number of amides is 3. The predicted octanol–water partition coefficient (Wildman–Crippen LogP) is 4.22. The third kappa shape index (κ3) is 9.29. The molecule has 0 saturated heterocycles. The maximum absolute atomic E-state index is 13.3. The van der Waals surface area contributed by atoms with Crippen molar-refractivity contribution in [1.29, 1.82) is 0 Å². The van der Waals surface area contributed by atoms with Gasteiger partial charge in [-0.05, 0) is 72.0 Å². The molecule has 9 nitrogen and oxygen atoms in total. The first-order valence-electron chi connectivity index (χ1n) is 14.4. The first kappa shape index (κ1) is 32.0. The number of ether oxygens (including phenoxy) is 1. The van der Waals surface area contributed by atoms with E-state index in [0.717, 1.165) is 11.1 Å². The fourth-order valence-corrected chi connectivity index (χ4v) is 4.54. The van der Waals surface area contributed by atoms with Crippen LogP contribution < -0.4 is 20.7 Å². The number of nitrogens with one attached hydrogen (secondary N) is 3. The lowest BCUT2D eigenvalue weighted by molar-refractivity contribution is -0.123. The van der Waals surface area contributed by atoms with E-state index in [-0.39, 0.29) is 18.0 Å². The fraction of sp³-hybridized carbons (Fsp3) is 0.206. The highest BCUT2D eigenvalue weighted by Gasteiger charge is 2.30. The lowest BCUT2D eigenvalue weighted by Gasteiger charge is -2.24. The zero-order valence-corrected chi connectivity index (χ0v) is 24.6. The third-order valence-electron chi connectivity index (χ3n) is 6.85. The number of hydrogen-bond acceptors (Lipinski definition) is 6. The van der Waals surface area contributed by atoms with Crippen LogP contribution in [0.5, 0.6) is 11.5 Å². The van der Waals surface area contributed by atoms with Gasteiger partial charge in [0.25, 0.3) is 11.8 Å². The molecule has 0 aromatic heterocycles. The van der Waals surface area contributed by atoms with Crippen LogP contribution in [0.4, 0.5) is 0 Å². The lowest BCUT2D eigenvalue weighted by Crippen LogP contribution is -2.57. The molecule has 3 amide bonds. The number of carbonyl (C=O) groups excluding carboxylic acids is 3. The maximum Gasteiger partial charge on any atom is 0.475 e. The molecule has 0 spiro atoms. The number of rotatable bonds is 13. The summed E-state index contributed by atoms with van der Waals surface area (Å²) in [5, 5.41) is 27.6. The maximum atomic E-state index is 13.3. The van der Waals surface area contributed by atoms with Crippen LogP contribution in [0.1, 0.15) is 41.0 Å². The first-order valence-corrected chi connectivity index (χ1v) is 14.4. The molecular formula is C34H36BN3O6. The summed E-state index contributed by atoms with van der Waals surface area (Å²) in [6.45, 7) is 3.53. The summed E-state index contributed by atoms with van der Waals surface area (Å²) in [4.78, 5) is 39.5. The van der Waals surface area contributed by atoms with E-state index in [1.54, 1.807) is 36.4 Å². The van der Waals surface area contributed by atoms with E-state index in [4.69, 9.17) is 4.74 Å². The van der Waals surface area contributed by atoms with Gasteiger partial charge in [0.05, 0.1) is 5.94 Å². The zero-order chi connectivity index (χ0) is 31.5. The van der Waals surface area contributed by atoms with Gasteiger partial charge in [-0.2, -0.15) is 0 Å². The van der Waals surface area contributed by atoms with Gasteiger partial charge in [-0.1, -0.05) is 74.5 Å². The van der Waals surface area contributed by atoms with Gasteiger partial charge in [0.2, 0.25) is 5.91 Å². The molecule has 0 radical (unpaired) electrons. The second kappa shape index (κ2) is 15.5. The Labute approximate surface area is 257 Å². The minimum absolute atomic E-state index is 0.0605. The standard InChI is InChI=1S/C34H36BN3O6/c1-23(2)21-31(35(42)43)38-34(41)30(22-36-32(39)26-15-13-25(14-16-26)24-9-5-3-6-10-24)37-33(40)27-17-19-29(20-18-27)44-28-11-7-4-8-12-28/h3-20,23,30-31,42-43H,21-22H2,1-2H3,(H,36,39)(H,37,40)(H,38,41)/t30-,31-/m0/s1. The first-order chi connectivity index (χ1) is 21.2. The second-order valence-corrected chi connectivity index (χ2v) is 10.8. The van der Waals surface area contributed by atoms with E-state index in [0.29, 0.717) is 23.5 Å². The Hall–Kier alpha value is -4.93. The van der Waals surface area contributed by atoms with E-state index in [2.05, 4.69) is 16.0 Å². The smallest absolute Gasteiger partial charge is 0.457 e. The summed E-state index contributed by atoms with van der Waals surface area (Å²) in [5.74, 6) is -1.37. The van der Waals surface area contributed by atoms with E-state index >= 15 is 0 Å². The Kier molecular flexibility index (Phi) is 11.3. The van der Waals surface area contributed by atoms with Gasteiger partial charge in [0, 0.05) is 17.7 Å². The molecule has 0 bridgehead atoms. The number of para-hydroxylation sites is 1. The molecular weight excluding hydrogens is 557 g/mol. The SMILES string of the molecule is CC(C)C[C@H](NC(=O)[C@H](CNC(=O)c1ccc(-c2ccccc2)cc1)NC(=O)c1ccc(Oc2ccccc2)cc1)B(O)O. The van der Waals surface area contributed by atoms with Crippen LogP contribution in [0.25, 0.3) is 11.1 Å². The van der Waals surface area contributed by atoms with Crippen molar-refractivity contribution in [2.45, 2.75) is 32.3 Å². The number of hydrogen-bond donors (Lipinski definition) is 5. The van der Waals surface area contributed by atoms with Crippen LogP contribution in [0, 0.1) is 5.92 Å². The van der Waals surface area contributed by atoms with Crippen LogP contribution in [0.3, 0.4) is 0 Å². The Morgan fingerprint density at radius 3 is 1.80 bits per heavy atom. The van der Waals surface area contributed by atoms with E-state index in [9.17, 15) is 24.4 Å². The van der Waals surface area contributed by atoms with Crippen LogP contribution in [-0.2, 0) is 4.79 Å². The van der Waals surface area contributed by atoms with Crippen molar-refractivity contribution < 1.29 is 29.2 Å². The van der Waals surface area contributed by atoms with Crippen molar-refractivity contribution >= 4 is 24.8 Å². The molecule has 0 saturated carbocycles. The predicted molar refractivity (Wildman–Crippen MR) is 170 cm³/mol. The molecule has 0 fully saturated rings. The minimum atomic E-state index is -1.80. The molecule has 226 valence electrons. The highest BCUT2D eigenvalue weighted by molar-refractivity contribution is 6.43. The van der Waals surface area contributed by atoms with Gasteiger partial charge in [0.15, 0.2) is 0 Å². The van der Waals surface area contributed by atoms with Gasteiger partial charge >= 0.3 is 7.12 Å². The number of carbonyl (C=O) groups is 3. The highest BCUT2D eigenvalue weighted by Crippen LogP contribution is 2.21. The van der Waals surface area contributed by atoms with Crippen molar-refractivity contribution in [2.75, 3.05) is 6.54 Å². The largest absolute Gasteiger partial charge is 0.475 e. The van der Waals surface area contributed by atoms with Crippen molar-refractivity contribution in [2.24, 2.45) is 5.92 Å². The summed E-state index contributed by atoms with van der Waals surface area (Å²) in [6, 6.07) is 31.2. The summed E-state index contributed by atoms with van der Waals surface area (Å²) in [6.07, 6.45) is 0.299. The van der Waals surface area contributed by atoms with Crippen LogP contribution in [0.15, 0.2) is 109 Å². The number of benzene rings is 4. The van der Waals surface area contributed by atoms with Crippen molar-refractivity contribution in [3.05, 3.63) is 120 Å². The Morgan fingerprint density at radius 1 is 0.682 bits per heavy atom. The van der Waals surface area contributed by atoms with Crippen LogP contribution in [0.2, 0.25) is 0 Å². The Balaban J connectivity index is 1.45. The van der Waals surface area contributed by atoms with E-state index in [1.807, 2.05) is 86.6 Å². The molecule has 2 atom stereocenters. The minimum Gasteiger partial charge on any atom is -0.457 e. The normalized spacial score (nSPS) is 12.1. The highest BCUT2D eigenvalue weighted by atomic mass is 16.5. The van der Waals surface area contributed by atoms with Crippen LogP contribution in [-0.4, -0.2) is 53.4 Å². The molecule has 0 aliphatic heterocycles. The third-order valence-corrected chi connectivity index (χ3v) is 6.85. The molecule has 0 aliphatic rings. The molecule has 4 rings (SSSR count). The Morgan fingerprint density at radius 2 is 1.20 bits per heavy atom. The molecule has 4 aromatic rings. The summed E-state index contributed by atoms with van der Waals surface area (Å²) >= 11 is 0. The molecule has 0 heterocycles. The Bertz CT molecular complexity index is 1510. The lowest BCUT2D eigenvalue weighted by atomic mass is 9.75. The average Bonchev–Trinajstić information content (AvgIpc) is 3.03. The van der Waals surface area contributed by atoms with Gasteiger partial charge in [0.1, 0.15) is 17.5 Å². The second-order valence-electron chi connectivity index (χ2n) is 10.8. The molecule has 0 unspecified atom stereocenters. The monoisotopic (exact) mass is 593 g/mol. The molecule has 0 aliphatic carbocycles. The average molecular weight is 593 g/mol. The van der Waals surface area contributed by atoms with E-state index < -0.39 is 36.8 Å². The van der Waals surface area contributed by atoms with Crippen molar-refractivity contribution in [3.8, 4) is 22.6 Å². The molecule has 4 aromatic carbocycles. The van der Waals surface area contributed by atoms with E-state index in [1.165, 1.54) is 0 Å². The van der Waals surface area contributed by atoms with Crippen molar-refractivity contribution in [3.63, 3.8) is 0 Å². The topological polar surface area (TPSA) is 137 Å².